The van der Waals surface area contributed by atoms with Gasteiger partial charge in [-0.3, -0.25) is 4.79 Å². The highest BCUT2D eigenvalue weighted by Crippen LogP contribution is 2.34. The largest absolute Gasteiger partial charge is 0.490 e. The van der Waals surface area contributed by atoms with Gasteiger partial charge in [0.25, 0.3) is 0 Å². The number of aromatic nitrogens is 2. The Morgan fingerprint density at radius 2 is 2.14 bits per heavy atom. The van der Waals surface area contributed by atoms with Crippen molar-refractivity contribution in [2.24, 2.45) is 5.73 Å². The number of nitrogens with one attached hydrogen (secondary N) is 2. The van der Waals surface area contributed by atoms with Crippen LogP contribution < -0.4 is 21.1 Å². The molecule has 0 aliphatic carbocycles. The Hall–Kier alpha value is -3.04. The molecule has 1 amide bonds. The van der Waals surface area contributed by atoms with E-state index in [4.69, 9.17) is 10.5 Å². The van der Waals surface area contributed by atoms with E-state index in [-0.39, 0.29) is 18.3 Å². The Kier molecular flexibility index (Phi) is 6.40. The number of benzene rings is 2. The van der Waals surface area contributed by atoms with E-state index in [0.717, 1.165) is 6.08 Å². The smallest absolute Gasteiger partial charge is 0.247 e. The van der Waals surface area contributed by atoms with Gasteiger partial charge < -0.3 is 21.1 Å². The summed E-state index contributed by atoms with van der Waals surface area (Å²) in [6, 6.07) is 7.78. The van der Waals surface area contributed by atoms with Crippen LogP contribution in [0.2, 0.25) is 0 Å². The molecule has 1 heterocycles. The number of nitrogens with zero attached hydrogens (tertiary/aromatic N) is 2. The lowest BCUT2D eigenvalue weighted by Crippen LogP contribution is -2.24. The average Bonchev–Trinajstić information content (AvgIpc) is 2.68. The lowest BCUT2D eigenvalue weighted by molar-refractivity contribution is -0.111. The van der Waals surface area contributed by atoms with Crippen LogP contribution in [0.1, 0.15) is 6.92 Å². The minimum absolute atomic E-state index is 0.198. The number of nitrogens with two attached hydrogens (primary N) is 1. The Labute approximate surface area is 175 Å². The standard InChI is InChI=1S/C20H19BrFN5O2/c1-3-19(28)26-17-7-13-16(8-18(17)29-9-11(2)23)24-10-25-20(13)27-15-5-4-12(21)6-14(15)22/h3-8,10-11H,1,9,23H2,2H3,(H,26,28)(H,24,25,27). The van der Waals surface area contributed by atoms with Crippen molar-refractivity contribution in [3.8, 4) is 5.75 Å². The van der Waals surface area contributed by atoms with E-state index < -0.39 is 11.7 Å². The molecule has 1 aromatic heterocycles. The van der Waals surface area contributed by atoms with E-state index in [1.54, 1.807) is 31.2 Å². The van der Waals surface area contributed by atoms with Crippen LogP contribution in [0.15, 0.2) is 53.8 Å². The van der Waals surface area contributed by atoms with Crippen molar-refractivity contribution < 1.29 is 13.9 Å². The van der Waals surface area contributed by atoms with Gasteiger partial charge in [-0.15, -0.1) is 0 Å². The lowest BCUT2D eigenvalue weighted by Gasteiger charge is -2.16. The molecule has 1 atom stereocenters. The summed E-state index contributed by atoms with van der Waals surface area (Å²) in [7, 11) is 0. The molecule has 7 nitrogen and oxygen atoms in total. The first kappa shape index (κ1) is 20.7. The van der Waals surface area contributed by atoms with E-state index in [2.05, 4.69) is 43.1 Å². The van der Waals surface area contributed by atoms with Crippen LogP contribution in [-0.4, -0.2) is 28.5 Å². The molecular weight excluding hydrogens is 441 g/mol. The van der Waals surface area contributed by atoms with E-state index in [1.165, 1.54) is 12.4 Å². The molecule has 29 heavy (non-hydrogen) atoms. The van der Waals surface area contributed by atoms with Gasteiger partial charge in [-0.05, 0) is 37.3 Å². The zero-order chi connectivity index (χ0) is 21.0. The summed E-state index contributed by atoms with van der Waals surface area (Å²) < 4.78 is 20.6. The van der Waals surface area contributed by atoms with Gasteiger partial charge >= 0.3 is 0 Å². The normalized spacial score (nSPS) is 11.7. The highest BCUT2D eigenvalue weighted by molar-refractivity contribution is 9.10. The van der Waals surface area contributed by atoms with Crippen molar-refractivity contribution in [1.29, 1.82) is 0 Å². The van der Waals surface area contributed by atoms with Crippen LogP contribution >= 0.6 is 15.9 Å². The van der Waals surface area contributed by atoms with Gasteiger partial charge in [0.1, 0.15) is 30.3 Å². The number of amides is 1. The molecule has 0 aliphatic heterocycles. The summed E-state index contributed by atoms with van der Waals surface area (Å²) in [5.74, 6) is -0.0583. The number of hydrogen-bond acceptors (Lipinski definition) is 6. The molecule has 0 radical (unpaired) electrons. The first-order chi connectivity index (χ1) is 13.9. The minimum Gasteiger partial charge on any atom is -0.490 e. The predicted octanol–water partition coefficient (Wildman–Crippen LogP) is 4.13. The summed E-state index contributed by atoms with van der Waals surface area (Å²) >= 11 is 3.23. The van der Waals surface area contributed by atoms with E-state index in [9.17, 15) is 9.18 Å². The number of anilines is 3. The predicted molar refractivity (Wildman–Crippen MR) is 115 cm³/mol. The van der Waals surface area contributed by atoms with Gasteiger partial charge in [0, 0.05) is 22.0 Å². The molecule has 4 N–H and O–H groups in total. The van der Waals surface area contributed by atoms with Crippen molar-refractivity contribution >= 4 is 49.9 Å². The van der Waals surface area contributed by atoms with Crippen LogP contribution in [0.25, 0.3) is 10.9 Å². The third kappa shape index (κ3) is 5.07. The van der Waals surface area contributed by atoms with Crippen molar-refractivity contribution in [1.82, 2.24) is 9.97 Å². The fraction of sp³-hybridized carbons (Fsp3) is 0.150. The molecular formula is C20H19BrFN5O2. The van der Waals surface area contributed by atoms with Gasteiger partial charge in [0.2, 0.25) is 5.91 Å². The number of carbonyl (C=O) groups is 1. The third-order valence-electron chi connectivity index (χ3n) is 3.87. The summed E-state index contributed by atoms with van der Waals surface area (Å²) in [5, 5.41) is 6.24. The van der Waals surface area contributed by atoms with Crippen LogP contribution in [0.4, 0.5) is 21.6 Å². The molecule has 0 bridgehead atoms. The maximum absolute atomic E-state index is 14.2. The Bertz CT molecular complexity index is 1070. The first-order valence-corrected chi connectivity index (χ1v) is 9.49. The highest BCUT2D eigenvalue weighted by atomic mass is 79.9. The number of ether oxygens (including phenoxy) is 1. The molecule has 0 aliphatic rings. The van der Waals surface area contributed by atoms with Gasteiger partial charge in [-0.2, -0.15) is 0 Å². The van der Waals surface area contributed by atoms with Crippen LogP contribution in [-0.2, 0) is 4.79 Å². The number of hydrogen-bond donors (Lipinski definition) is 3. The summed E-state index contributed by atoms with van der Waals surface area (Å²) in [6.45, 7) is 5.52. The second-order valence-electron chi connectivity index (χ2n) is 6.32. The van der Waals surface area contributed by atoms with Crippen molar-refractivity contribution in [2.75, 3.05) is 17.2 Å². The molecule has 0 fully saturated rings. The molecule has 2 aromatic carbocycles. The average molecular weight is 460 g/mol. The Morgan fingerprint density at radius 3 is 2.83 bits per heavy atom. The monoisotopic (exact) mass is 459 g/mol. The maximum Gasteiger partial charge on any atom is 0.247 e. The molecule has 1 unspecified atom stereocenters. The molecule has 3 rings (SSSR count). The number of carbonyl (C=O) groups excluding carboxylic acids is 1. The summed E-state index contributed by atoms with van der Waals surface area (Å²) in [4.78, 5) is 20.3. The van der Waals surface area contributed by atoms with Crippen LogP contribution in [0, 0.1) is 5.82 Å². The number of halogens is 2. The van der Waals surface area contributed by atoms with Gasteiger partial charge in [0.15, 0.2) is 0 Å². The third-order valence-corrected chi connectivity index (χ3v) is 4.36. The Balaban J connectivity index is 2.06. The molecule has 0 spiro atoms. The minimum atomic E-state index is -0.441. The summed E-state index contributed by atoms with van der Waals surface area (Å²) in [6.07, 6.45) is 2.51. The fourth-order valence-electron chi connectivity index (χ4n) is 2.52. The molecule has 3 aromatic rings. The zero-order valence-electron chi connectivity index (χ0n) is 15.6. The SMILES string of the molecule is C=CC(=O)Nc1cc2c(Nc3ccc(Br)cc3F)ncnc2cc1OCC(C)N. The topological polar surface area (TPSA) is 102 Å². The van der Waals surface area contributed by atoms with Crippen LogP contribution in [0.5, 0.6) is 5.75 Å². The van der Waals surface area contributed by atoms with Crippen molar-refractivity contribution in [3.63, 3.8) is 0 Å². The van der Waals surface area contributed by atoms with Gasteiger partial charge in [-0.25, -0.2) is 14.4 Å². The summed E-state index contributed by atoms with van der Waals surface area (Å²) in [5.41, 5.74) is 6.97. The van der Waals surface area contributed by atoms with Crippen LogP contribution in [0.3, 0.4) is 0 Å². The van der Waals surface area contributed by atoms with Crippen molar-refractivity contribution in [2.45, 2.75) is 13.0 Å². The maximum atomic E-state index is 14.2. The second-order valence-corrected chi connectivity index (χ2v) is 7.23. The molecule has 0 saturated carbocycles. The zero-order valence-corrected chi connectivity index (χ0v) is 17.2. The number of fused-ring (bicyclic) bond motifs is 1. The Morgan fingerprint density at radius 1 is 1.34 bits per heavy atom. The quantitative estimate of drug-likeness (QED) is 0.459. The molecule has 150 valence electrons. The van der Waals surface area contributed by atoms with Gasteiger partial charge in [0.05, 0.1) is 16.9 Å². The molecule has 0 saturated heterocycles. The fourth-order valence-corrected chi connectivity index (χ4v) is 2.86. The van der Waals surface area contributed by atoms with E-state index in [0.29, 0.717) is 32.6 Å². The number of rotatable bonds is 7. The van der Waals surface area contributed by atoms with Gasteiger partial charge in [-0.1, -0.05) is 22.5 Å². The van der Waals surface area contributed by atoms with E-state index >= 15 is 0 Å². The second kappa shape index (κ2) is 8.97. The molecule has 9 heteroatoms. The van der Waals surface area contributed by atoms with E-state index in [1.807, 2.05) is 0 Å². The van der Waals surface area contributed by atoms with Crippen molar-refractivity contribution in [3.05, 3.63) is 59.6 Å². The highest BCUT2D eigenvalue weighted by Gasteiger charge is 2.14. The lowest BCUT2D eigenvalue weighted by atomic mass is 10.1. The first-order valence-electron chi connectivity index (χ1n) is 8.70.